The van der Waals surface area contributed by atoms with Gasteiger partial charge in [-0.25, -0.2) is 4.98 Å². The van der Waals surface area contributed by atoms with Gasteiger partial charge in [0.15, 0.2) is 0 Å². The van der Waals surface area contributed by atoms with E-state index in [2.05, 4.69) is 82.6 Å². The Bertz CT molecular complexity index is 1700. The van der Waals surface area contributed by atoms with Crippen LogP contribution in [0.3, 0.4) is 0 Å². The summed E-state index contributed by atoms with van der Waals surface area (Å²) in [6.45, 7) is 4.79. The highest BCUT2D eigenvalue weighted by atomic mass is 16.4. The summed E-state index contributed by atoms with van der Waals surface area (Å²) >= 11 is 0. The molecule has 1 aliphatic carbocycles. The molecule has 5 nitrogen and oxygen atoms in total. The van der Waals surface area contributed by atoms with Gasteiger partial charge in [-0.1, -0.05) is 103 Å². The van der Waals surface area contributed by atoms with Gasteiger partial charge in [0.25, 0.3) is 0 Å². The number of nitrogens with zero attached hydrogens (tertiary/aromatic N) is 3. The minimum Gasteiger partial charge on any atom is -0.480 e. The first kappa shape index (κ1) is 26.4. The van der Waals surface area contributed by atoms with E-state index in [9.17, 15) is 9.90 Å². The van der Waals surface area contributed by atoms with E-state index in [1.54, 1.807) is 0 Å². The molecule has 0 bridgehead atoms. The molecule has 1 aromatic heterocycles. The quantitative estimate of drug-likeness (QED) is 0.205. The van der Waals surface area contributed by atoms with Gasteiger partial charge in [-0.3, -0.25) is 9.69 Å². The zero-order valence-corrected chi connectivity index (χ0v) is 23.7. The highest BCUT2D eigenvalue weighted by Gasteiger charge is 2.48. The summed E-state index contributed by atoms with van der Waals surface area (Å²) in [5.74, 6) is 0.292. The van der Waals surface area contributed by atoms with Gasteiger partial charge in [-0.2, -0.15) is 0 Å². The highest BCUT2D eigenvalue weighted by Crippen LogP contribution is 2.51. The second-order valence-electron chi connectivity index (χ2n) is 11.5. The van der Waals surface area contributed by atoms with Gasteiger partial charge in [-0.05, 0) is 64.9 Å². The van der Waals surface area contributed by atoms with Crippen molar-refractivity contribution in [2.24, 2.45) is 0 Å². The molecule has 4 aromatic carbocycles. The third kappa shape index (κ3) is 4.54. The minimum absolute atomic E-state index is 0.611. The molecule has 42 heavy (non-hydrogen) atoms. The Morgan fingerprint density at radius 3 is 2.02 bits per heavy atom. The number of rotatable bonds is 8. The molecule has 1 N–H and O–H groups in total. The Morgan fingerprint density at radius 1 is 0.714 bits per heavy atom. The predicted octanol–water partition coefficient (Wildman–Crippen LogP) is 7.25. The van der Waals surface area contributed by atoms with E-state index >= 15 is 0 Å². The van der Waals surface area contributed by atoms with Crippen LogP contribution in [0, 0.1) is 0 Å². The topological polar surface area (TPSA) is 56.7 Å². The molecule has 0 unspecified atom stereocenters. The molecule has 5 aromatic rings. The minimum atomic E-state index is -0.968. The number of carbonyl (C=O) groups is 1. The number of aromatic nitrogens is 1. The predicted molar refractivity (Wildman–Crippen MR) is 170 cm³/mol. The number of unbranched alkanes of at least 4 members (excludes halogenated alkanes) is 1. The van der Waals surface area contributed by atoms with Crippen LogP contribution in [-0.2, 0) is 10.2 Å². The van der Waals surface area contributed by atoms with Crippen molar-refractivity contribution in [3.63, 3.8) is 0 Å². The average molecular weight is 554 g/mol. The molecule has 0 radical (unpaired) electrons. The normalized spacial score (nSPS) is 15.9. The van der Waals surface area contributed by atoms with Gasteiger partial charge < -0.3 is 10.0 Å². The van der Waals surface area contributed by atoms with Crippen LogP contribution in [0.1, 0.15) is 30.4 Å². The van der Waals surface area contributed by atoms with Crippen LogP contribution in [0.2, 0.25) is 0 Å². The molecule has 5 heteroatoms. The average Bonchev–Trinajstić information content (AvgIpc) is 3.34. The van der Waals surface area contributed by atoms with E-state index in [4.69, 9.17) is 4.98 Å². The van der Waals surface area contributed by atoms with Crippen molar-refractivity contribution in [3.05, 3.63) is 120 Å². The number of carboxylic acids is 1. The number of benzene rings is 4. The van der Waals surface area contributed by atoms with Crippen LogP contribution in [0.25, 0.3) is 33.2 Å². The van der Waals surface area contributed by atoms with E-state index < -0.39 is 11.4 Å². The van der Waals surface area contributed by atoms with Crippen LogP contribution in [0.5, 0.6) is 0 Å². The number of fused-ring (bicyclic) bond motifs is 4. The SMILES string of the molecule is O=C(O)C1(CCCCN2CCN(c3cc(-c4ccccc4)c4ccccc4n3)CC2)c2ccccc2-c2ccccc21. The van der Waals surface area contributed by atoms with Gasteiger partial charge in [0.1, 0.15) is 11.2 Å². The summed E-state index contributed by atoms with van der Waals surface area (Å²) in [5, 5.41) is 11.8. The third-order valence-corrected chi connectivity index (χ3v) is 9.19. The Labute approximate surface area is 247 Å². The van der Waals surface area contributed by atoms with Crippen LogP contribution < -0.4 is 4.90 Å². The first-order valence-corrected chi connectivity index (χ1v) is 15.0. The molecule has 2 aliphatic rings. The Balaban J connectivity index is 1.01. The van der Waals surface area contributed by atoms with Crippen molar-refractivity contribution in [1.29, 1.82) is 0 Å². The lowest BCUT2D eigenvalue weighted by molar-refractivity contribution is -0.142. The van der Waals surface area contributed by atoms with E-state index in [0.29, 0.717) is 6.42 Å². The first-order valence-electron chi connectivity index (χ1n) is 15.0. The number of hydrogen-bond acceptors (Lipinski definition) is 4. The summed E-state index contributed by atoms with van der Waals surface area (Å²) in [6, 6.07) is 37.3. The fourth-order valence-corrected chi connectivity index (χ4v) is 7.04. The maximum absolute atomic E-state index is 12.9. The van der Waals surface area contributed by atoms with E-state index in [1.807, 2.05) is 36.4 Å². The molecule has 1 fully saturated rings. The third-order valence-electron chi connectivity index (χ3n) is 9.19. The monoisotopic (exact) mass is 553 g/mol. The first-order chi connectivity index (χ1) is 20.6. The molecule has 0 amide bonds. The van der Waals surface area contributed by atoms with Gasteiger partial charge in [-0.15, -0.1) is 0 Å². The van der Waals surface area contributed by atoms with Crippen molar-refractivity contribution < 1.29 is 9.90 Å². The Hall–Kier alpha value is -4.48. The van der Waals surface area contributed by atoms with Crippen molar-refractivity contribution in [2.45, 2.75) is 24.7 Å². The van der Waals surface area contributed by atoms with Crippen molar-refractivity contribution in [1.82, 2.24) is 9.88 Å². The lowest BCUT2D eigenvalue weighted by atomic mass is 9.74. The molecule has 0 saturated carbocycles. The fourth-order valence-electron chi connectivity index (χ4n) is 7.04. The maximum Gasteiger partial charge on any atom is 0.318 e. The number of anilines is 1. The second-order valence-corrected chi connectivity index (χ2v) is 11.5. The molecule has 1 aliphatic heterocycles. The number of hydrogen-bond donors (Lipinski definition) is 1. The number of carboxylic acid groups (broad SMARTS) is 1. The standard InChI is InChI=1S/C37H35N3O2/c41-36(42)37(32-17-7-4-14-28(32)29-15-5-8-18-33(29)37)20-10-11-21-39-22-24-40(25-23-39)35-26-31(27-12-2-1-3-13-27)30-16-6-9-19-34(30)38-35/h1-9,12-19,26H,10-11,20-25H2,(H,41,42). The molecular weight excluding hydrogens is 518 g/mol. The van der Waals surface area contributed by atoms with Gasteiger partial charge in [0, 0.05) is 31.6 Å². The zero-order valence-electron chi connectivity index (χ0n) is 23.7. The summed E-state index contributed by atoms with van der Waals surface area (Å²) in [7, 11) is 0. The molecule has 7 rings (SSSR count). The van der Waals surface area contributed by atoms with Gasteiger partial charge in [0.05, 0.1) is 5.52 Å². The smallest absolute Gasteiger partial charge is 0.318 e. The summed E-state index contributed by atoms with van der Waals surface area (Å²) in [4.78, 5) is 22.9. The highest BCUT2D eigenvalue weighted by molar-refractivity contribution is 5.97. The lowest BCUT2D eigenvalue weighted by Crippen LogP contribution is -2.47. The van der Waals surface area contributed by atoms with Crippen LogP contribution in [0.15, 0.2) is 109 Å². The lowest BCUT2D eigenvalue weighted by Gasteiger charge is -2.36. The summed E-state index contributed by atoms with van der Waals surface area (Å²) < 4.78 is 0. The summed E-state index contributed by atoms with van der Waals surface area (Å²) in [5.41, 5.74) is 6.48. The Morgan fingerprint density at radius 2 is 1.33 bits per heavy atom. The molecule has 1 saturated heterocycles. The molecule has 0 spiro atoms. The van der Waals surface area contributed by atoms with E-state index in [0.717, 1.165) is 79.2 Å². The molecule has 210 valence electrons. The van der Waals surface area contributed by atoms with Crippen molar-refractivity contribution >= 4 is 22.7 Å². The maximum atomic E-state index is 12.9. The van der Waals surface area contributed by atoms with Crippen molar-refractivity contribution in [3.8, 4) is 22.3 Å². The van der Waals surface area contributed by atoms with Gasteiger partial charge in [0.2, 0.25) is 0 Å². The van der Waals surface area contributed by atoms with Crippen LogP contribution in [-0.4, -0.2) is 53.7 Å². The number of piperazine rings is 1. The van der Waals surface area contributed by atoms with E-state index in [1.165, 1.54) is 16.5 Å². The zero-order chi connectivity index (χ0) is 28.5. The molecular formula is C37H35N3O2. The number of para-hydroxylation sites is 1. The van der Waals surface area contributed by atoms with Gasteiger partial charge >= 0.3 is 5.97 Å². The van der Waals surface area contributed by atoms with Crippen LogP contribution in [0.4, 0.5) is 5.82 Å². The number of aliphatic carboxylic acids is 1. The van der Waals surface area contributed by atoms with Crippen LogP contribution >= 0.6 is 0 Å². The van der Waals surface area contributed by atoms with E-state index in [-0.39, 0.29) is 0 Å². The Kier molecular flexibility index (Phi) is 6.96. The largest absolute Gasteiger partial charge is 0.480 e. The second kappa shape index (κ2) is 11.1. The summed E-state index contributed by atoms with van der Waals surface area (Å²) in [6.07, 6.45) is 2.45. The number of pyridine rings is 1. The fraction of sp³-hybridized carbons (Fsp3) is 0.243. The van der Waals surface area contributed by atoms with Crippen molar-refractivity contribution in [2.75, 3.05) is 37.6 Å². The molecule has 2 heterocycles. The molecule has 0 atom stereocenters.